The van der Waals surface area contributed by atoms with Gasteiger partial charge in [0.1, 0.15) is 0 Å². The molecule has 7 heteroatoms. The lowest BCUT2D eigenvalue weighted by molar-refractivity contribution is -0.216. The highest BCUT2D eigenvalue weighted by Gasteiger charge is 2.22. The Hall–Kier alpha value is -0.280. The molecule has 0 aliphatic carbocycles. The van der Waals surface area contributed by atoms with Crippen molar-refractivity contribution in [3.63, 3.8) is 0 Å². The van der Waals surface area contributed by atoms with Crippen LogP contribution in [-0.4, -0.2) is 124 Å². The van der Waals surface area contributed by atoms with E-state index >= 15 is 0 Å². The van der Waals surface area contributed by atoms with Crippen molar-refractivity contribution in [2.45, 2.75) is 33.0 Å². The molecule has 2 rings (SSSR count). The summed E-state index contributed by atoms with van der Waals surface area (Å²) in [6.07, 6.45) is 1.25. The van der Waals surface area contributed by atoms with Crippen LogP contribution in [0.4, 0.5) is 0 Å². The summed E-state index contributed by atoms with van der Waals surface area (Å²) in [4.78, 5) is 9.97. The zero-order valence-corrected chi connectivity index (χ0v) is 18.0. The molecule has 0 aromatic rings. The van der Waals surface area contributed by atoms with Gasteiger partial charge in [-0.1, -0.05) is 6.92 Å². The number of rotatable bonds is 12. The maximum atomic E-state index is 6.03. The Kier molecular flexibility index (Phi) is 10.5. The molecule has 0 saturated carbocycles. The lowest BCUT2D eigenvalue weighted by Gasteiger charge is -2.36. The molecule has 0 radical (unpaired) electrons. The summed E-state index contributed by atoms with van der Waals surface area (Å²) in [6, 6.07) is 0. The van der Waals surface area contributed by atoms with E-state index in [1.807, 2.05) is 13.8 Å². The lowest BCUT2D eigenvalue weighted by atomic mass is 10.3. The first-order valence-corrected chi connectivity index (χ1v) is 10.9. The Morgan fingerprint density at radius 3 is 1.41 bits per heavy atom. The van der Waals surface area contributed by atoms with Crippen LogP contribution in [0.3, 0.4) is 0 Å². The van der Waals surface area contributed by atoms with E-state index in [1.54, 1.807) is 0 Å². The molecule has 160 valence electrons. The summed E-state index contributed by atoms with van der Waals surface area (Å²) in [7, 11) is 0. The quantitative estimate of drug-likeness (QED) is 0.487. The van der Waals surface area contributed by atoms with E-state index in [1.165, 1.54) is 26.1 Å². The lowest BCUT2D eigenvalue weighted by Crippen LogP contribution is -2.49. The van der Waals surface area contributed by atoms with Crippen molar-refractivity contribution in [3.05, 3.63) is 0 Å². The number of nitrogens with zero attached hydrogens (tertiary/aromatic N) is 4. The van der Waals surface area contributed by atoms with Crippen LogP contribution in [0.5, 0.6) is 0 Å². The fourth-order valence-corrected chi connectivity index (χ4v) is 3.85. The van der Waals surface area contributed by atoms with E-state index in [4.69, 9.17) is 15.2 Å². The maximum absolute atomic E-state index is 6.03. The molecule has 27 heavy (non-hydrogen) atoms. The summed E-state index contributed by atoms with van der Waals surface area (Å²) in [5.41, 5.74) is 5.63. The van der Waals surface area contributed by atoms with Crippen LogP contribution in [0, 0.1) is 0 Å². The van der Waals surface area contributed by atoms with Gasteiger partial charge in [-0.2, -0.15) is 0 Å². The molecule has 2 heterocycles. The number of hydrogen-bond donors (Lipinski definition) is 1. The maximum Gasteiger partial charge on any atom is 0.162 e. The van der Waals surface area contributed by atoms with Crippen LogP contribution in [0.15, 0.2) is 0 Å². The molecule has 2 saturated heterocycles. The molecule has 0 amide bonds. The predicted octanol–water partition coefficient (Wildman–Crippen LogP) is 0.360. The van der Waals surface area contributed by atoms with Crippen molar-refractivity contribution in [2.75, 3.05) is 98.3 Å². The Morgan fingerprint density at radius 1 is 0.667 bits per heavy atom. The molecule has 0 atom stereocenters. The van der Waals surface area contributed by atoms with Gasteiger partial charge in [0.25, 0.3) is 0 Å². The molecule has 2 aliphatic rings. The van der Waals surface area contributed by atoms with Crippen molar-refractivity contribution in [1.29, 1.82) is 0 Å². The third-order valence-electron chi connectivity index (χ3n) is 5.63. The van der Waals surface area contributed by atoms with Crippen molar-refractivity contribution >= 4 is 0 Å². The van der Waals surface area contributed by atoms with E-state index in [0.717, 1.165) is 78.7 Å². The van der Waals surface area contributed by atoms with Gasteiger partial charge in [0.2, 0.25) is 0 Å². The van der Waals surface area contributed by atoms with Crippen molar-refractivity contribution in [1.82, 2.24) is 19.6 Å². The van der Waals surface area contributed by atoms with Gasteiger partial charge < -0.3 is 20.1 Å². The fourth-order valence-electron chi connectivity index (χ4n) is 3.85. The van der Waals surface area contributed by atoms with Gasteiger partial charge in [0.05, 0.1) is 13.2 Å². The second-order valence-electron chi connectivity index (χ2n) is 8.25. The van der Waals surface area contributed by atoms with Crippen LogP contribution >= 0.6 is 0 Å². The first kappa shape index (κ1) is 23.0. The van der Waals surface area contributed by atoms with Crippen LogP contribution in [0.25, 0.3) is 0 Å². The number of ether oxygens (including phenoxy) is 2. The highest BCUT2D eigenvalue weighted by Crippen LogP contribution is 2.12. The largest absolute Gasteiger partial charge is 0.349 e. The van der Waals surface area contributed by atoms with E-state index in [9.17, 15) is 0 Å². The Balaban J connectivity index is 1.51. The minimum absolute atomic E-state index is 0.509. The minimum Gasteiger partial charge on any atom is -0.349 e. The second kappa shape index (κ2) is 12.3. The van der Waals surface area contributed by atoms with E-state index < -0.39 is 5.79 Å². The van der Waals surface area contributed by atoms with E-state index in [2.05, 4.69) is 26.5 Å². The Bertz CT molecular complexity index is 347. The van der Waals surface area contributed by atoms with Crippen molar-refractivity contribution < 1.29 is 9.47 Å². The van der Waals surface area contributed by atoms with Gasteiger partial charge >= 0.3 is 0 Å². The van der Waals surface area contributed by atoms with Crippen molar-refractivity contribution in [3.8, 4) is 0 Å². The summed E-state index contributed by atoms with van der Waals surface area (Å²) in [5.74, 6) is -0.509. The van der Waals surface area contributed by atoms with Crippen LogP contribution < -0.4 is 5.73 Å². The Morgan fingerprint density at radius 2 is 1.04 bits per heavy atom. The first-order valence-electron chi connectivity index (χ1n) is 10.9. The predicted molar refractivity (Wildman–Crippen MR) is 111 cm³/mol. The number of nitrogens with two attached hydrogens (primary N) is 1. The fraction of sp³-hybridized carbons (Fsp3) is 1.00. The molecule has 0 aromatic carbocycles. The molecule has 0 spiro atoms. The zero-order chi connectivity index (χ0) is 19.5. The van der Waals surface area contributed by atoms with Gasteiger partial charge in [-0.05, 0) is 26.8 Å². The molecule has 0 aromatic heterocycles. The zero-order valence-electron chi connectivity index (χ0n) is 18.0. The SMILES string of the molecule is CCCN1CCN(CCOC(C)(C)OCCN2CCN(CCN)CC2)CC1. The molecular weight excluding hydrogens is 342 g/mol. The molecular formula is C20H43N5O2. The van der Waals surface area contributed by atoms with Crippen molar-refractivity contribution in [2.24, 2.45) is 5.73 Å². The Labute approximate surface area is 166 Å². The second-order valence-corrected chi connectivity index (χ2v) is 8.25. The highest BCUT2D eigenvalue weighted by molar-refractivity contribution is 4.73. The standard InChI is InChI=1S/C20H43N5O2/c1-4-6-22-8-12-24(13-9-22)16-18-26-20(2,3)27-19-17-25-14-10-23(7-5-21)11-15-25/h4-19,21H2,1-3H3. The molecule has 2 fully saturated rings. The summed E-state index contributed by atoms with van der Waals surface area (Å²) < 4.78 is 12.0. The van der Waals surface area contributed by atoms with Crippen LogP contribution in [0.2, 0.25) is 0 Å². The molecule has 0 unspecified atom stereocenters. The average Bonchev–Trinajstić information content (AvgIpc) is 2.65. The summed E-state index contributed by atoms with van der Waals surface area (Å²) in [5, 5.41) is 0. The molecule has 7 nitrogen and oxygen atoms in total. The third-order valence-corrected chi connectivity index (χ3v) is 5.63. The highest BCUT2D eigenvalue weighted by atomic mass is 16.7. The third kappa shape index (κ3) is 9.17. The normalized spacial score (nSPS) is 21.8. The summed E-state index contributed by atoms with van der Waals surface area (Å²) in [6.45, 7) is 21.9. The van der Waals surface area contributed by atoms with Gasteiger partial charge in [-0.15, -0.1) is 0 Å². The number of piperazine rings is 2. The molecule has 0 bridgehead atoms. The molecule has 2 N–H and O–H groups in total. The average molecular weight is 386 g/mol. The van der Waals surface area contributed by atoms with Crippen LogP contribution in [-0.2, 0) is 9.47 Å². The topological polar surface area (TPSA) is 57.4 Å². The van der Waals surface area contributed by atoms with Crippen LogP contribution in [0.1, 0.15) is 27.2 Å². The number of hydrogen-bond acceptors (Lipinski definition) is 7. The smallest absolute Gasteiger partial charge is 0.162 e. The molecule has 2 aliphatic heterocycles. The first-order chi connectivity index (χ1) is 13.0. The van der Waals surface area contributed by atoms with E-state index in [-0.39, 0.29) is 0 Å². The monoisotopic (exact) mass is 385 g/mol. The van der Waals surface area contributed by atoms with Gasteiger partial charge in [-0.3, -0.25) is 14.7 Å². The summed E-state index contributed by atoms with van der Waals surface area (Å²) >= 11 is 0. The van der Waals surface area contributed by atoms with Gasteiger partial charge in [-0.25, -0.2) is 0 Å². The minimum atomic E-state index is -0.509. The van der Waals surface area contributed by atoms with E-state index in [0.29, 0.717) is 0 Å². The van der Waals surface area contributed by atoms with Gasteiger partial charge in [0, 0.05) is 78.5 Å². The van der Waals surface area contributed by atoms with Gasteiger partial charge in [0.15, 0.2) is 5.79 Å².